The van der Waals surface area contributed by atoms with Crippen LogP contribution >= 0.6 is 0 Å². The van der Waals surface area contributed by atoms with Gasteiger partial charge in [-0.3, -0.25) is 0 Å². The number of halogens is 1. The monoisotopic (exact) mass is 371 g/mol. The van der Waals surface area contributed by atoms with E-state index in [0.717, 1.165) is 68.6 Å². The van der Waals surface area contributed by atoms with Crippen LogP contribution in [0.15, 0.2) is 36.4 Å². The number of rotatable bonds is 9. The molecule has 146 valence electrons. The van der Waals surface area contributed by atoms with Crippen molar-refractivity contribution in [2.24, 2.45) is 5.92 Å². The van der Waals surface area contributed by atoms with Gasteiger partial charge in [0.1, 0.15) is 11.6 Å². The zero-order valence-corrected chi connectivity index (χ0v) is 16.1. The number of anilines is 1. The fourth-order valence-electron chi connectivity index (χ4n) is 3.78. The molecule has 2 heterocycles. The highest BCUT2D eigenvalue weighted by Crippen LogP contribution is 2.20. The normalized spacial score (nSPS) is 19.5. The average Bonchev–Trinajstić information content (AvgIpc) is 3.04. The van der Waals surface area contributed by atoms with E-state index in [-0.39, 0.29) is 11.9 Å². The largest absolute Gasteiger partial charge is 0.384 e. The molecule has 0 unspecified atom stereocenters. The van der Waals surface area contributed by atoms with Crippen LogP contribution in [0.3, 0.4) is 0 Å². The zero-order chi connectivity index (χ0) is 19.1. The number of aromatic nitrogens is 1. The molecule has 0 aliphatic carbocycles. The Bertz CT molecular complexity index is 717. The number of unbranched alkanes of at least 4 members (excludes halogenated alkanes) is 2. The summed E-state index contributed by atoms with van der Waals surface area (Å²) in [5, 5.41) is 3.43. The number of nitrogens with zero attached hydrogens (tertiary/aromatic N) is 1. The second-order valence-electron chi connectivity index (χ2n) is 7.53. The molecule has 0 spiro atoms. The highest BCUT2D eigenvalue weighted by Gasteiger charge is 2.28. The fourth-order valence-corrected chi connectivity index (χ4v) is 3.78. The van der Waals surface area contributed by atoms with Crippen molar-refractivity contribution in [3.8, 4) is 0 Å². The Morgan fingerprint density at radius 1 is 1.19 bits per heavy atom. The molecule has 27 heavy (non-hydrogen) atoms. The fraction of sp³-hybridized carbons (Fsp3) is 0.500. The molecule has 4 nitrogen and oxygen atoms in total. The number of hydrogen-bond donors (Lipinski definition) is 2. The van der Waals surface area contributed by atoms with E-state index >= 15 is 0 Å². The molecule has 0 bridgehead atoms. The highest BCUT2D eigenvalue weighted by atomic mass is 19.1. The van der Waals surface area contributed by atoms with E-state index in [1.807, 2.05) is 19.1 Å². The van der Waals surface area contributed by atoms with Crippen molar-refractivity contribution in [3.05, 3.63) is 59.0 Å². The van der Waals surface area contributed by atoms with Gasteiger partial charge in [0.2, 0.25) is 0 Å². The molecule has 1 aromatic carbocycles. The Kier molecular flexibility index (Phi) is 7.18. The number of nitrogen functional groups attached to an aromatic ring is 1. The van der Waals surface area contributed by atoms with Gasteiger partial charge in [-0.05, 0) is 68.0 Å². The Labute approximate surface area is 161 Å². The summed E-state index contributed by atoms with van der Waals surface area (Å²) in [7, 11) is 0. The summed E-state index contributed by atoms with van der Waals surface area (Å²) in [6, 6.07) is 10.9. The molecule has 1 saturated heterocycles. The van der Waals surface area contributed by atoms with E-state index in [1.165, 1.54) is 6.07 Å². The lowest BCUT2D eigenvalue weighted by Crippen LogP contribution is -2.25. The van der Waals surface area contributed by atoms with Crippen molar-refractivity contribution in [1.82, 2.24) is 10.3 Å². The third-order valence-corrected chi connectivity index (χ3v) is 5.12. The van der Waals surface area contributed by atoms with Crippen LogP contribution in [0, 0.1) is 18.7 Å². The standard InChI is InChI=1S/C22H30FN3O/c1-16-10-20(26-22(24)11-16)13-18-14-25-15-21(18)27-9-4-2-3-6-17-7-5-8-19(23)12-17/h5,7-8,10-12,18,21,25H,2-4,6,9,13-15H2,1H3,(H2,24,26)/t18-,21+/m1/s1. The third-order valence-electron chi connectivity index (χ3n) is 5.12. The first kappa shape index (κ1) is 19.8. The van der Waals surface area contributed by atoms with Crippen molar-refractivity contribution in [2.45, 2.75) is 45.1 Å². The molecule has 5 heteroatoms. The maximum atomic E-state index is 13.2. The summed E-state index contributed by atoms with van der Waals surface area (Å²) < 4.78 is 19.3. The van der Waals surface area contributed by atoms with Gasteiger partial charge >= 0.3 is 0 Å². The molecular weight excluding hydrogens is 341 g/mol. The summed E-state index contributed by atoms with van der Waals surface area (Å²) in [5.74, 6) is 0.873. The second-order valence-corrected chi connectivity index (χ2v) is 7.53. The van der Waals surface area contributed by atoms with E-state index in [2.05, 4.69) is 16.4 Å². The van der Waals surface area contributed by atoms with Crippen LogP contribution in [0.5, 0.6) is 0 Å². The van der Waals surface area contributed by atoms with Gasteiger partial charge in [-0.1, -0.05) is 18.6 Å². The molecule has 2 atom stereocenters. The Morgan fingerprint density at radius 2 is 2.07 bits per heavy atom. The van der Waals surface area contributed by atoms with Crippen LogP contribution in [0.4, 0.5) is 10.2 Å². The maximum Gasteiger partial charge on any atom is 0.123 e. The number of nitrogens with one attached hydrogen (secondary N) is 1. The van der Waals surface area contributed by atoms with Crippen LogP contribution in [0.25, 0.3) is 0 Å². The maximum absolute atomic E-state index is 13.2. The van der Waals surface area contributed by atoms with Gasteiger partial charge in [0.25, 0.3) is 0 Å². The number of benzene rings is 1. The van der Waals surface area contributed by atoms with Crippen molar-refractivity contribution in [2.75, 3.05) is 25.4 Å². The second kappa shape index (κ2) is 9.81. The van der Waals surface area contributed by atoms with Crippen LogP contribution in [-0.4, -0.2) is 30.8 Å². The molecule has 0 radical (unpaired) electrons. The van der Waals surface area contributed by atoms with E-state index in [1.54, 1.807) is 12.1 Å². The molecule has 2 aromatic rings. The minimum atomic E-state index is -0.152. The Balaban J connectivity index is 1.36. The molecule has 1 aliphatic rings. The molecule has 1 aliphatic heterocycles. The molecule has 3 rings (SSSR count). The van der Waals surface area contributed by atoms with E-state index in [9.17, 15) is 4.39 Å². The third kappa shape index (κ3) is 6.29. The topological polar surface area (TPSA) is 60.2 Å². The van der Waals surface area contributed by atoms with Gasteiger partial charge in [-0.2, -0.15) is 0 Å². The zero-order valence-electron chi connectivity index (χ0n) is 16.1. The predicted octanol–water partition coefficient (Wildman–Crippen LogP) is 3.67. The van der Waals surface area contributed by atoms with E-state index in [0.29, 0.717) is 11.7 Å². The Hall–Kier alpha value is -1.98. The molecule has 3 N–H and O–H groups in total. The summed E-state index contributed by atoms with van der Waals surface area (Å²) in [6.07, 6.45) is 5.24. The summed E-state index contributed by atoms with van der Waals surface area (Å²) in [6.45, 7) is 4.68. The van der Waals surface area contributed by atoms with Crippen molar-refractivity contribution < 1.29 is 9.13 Å². The average molecular weight is 372 g/mol. The van der Waals surface area contributed by atoms with Crippen LogP contribution in [0.1, 0.15) is 36.1 Å². The van der Waals surface area contributed by atoms with Crippen molar-refractivity contribution >= 4 is 5.82 Å². The summed E-state index contributed by atoms with van der Waals surface area (Å²) in [4.78, 5) is 4.46. The number of aryl methyl sites for hydroxylation is 2. The number of hydrogen-bond acceptors (Lipinski definition) is 4. The van der Waals surface area contributed by atoms with Gasteiger partial charge in [-0.25, -0.2) is 9.37 Å². The molecule has 0 amide bonds. The molecule has 1 aromatic heterocycles. The molecule has 1 fully saturated rings. The smallest absolute Gasteiger partial charge is 0.123 e. The number of pyridine rings is 1. The lowest BCUT2D eigenvalue weighted by atomic mass is 9.99. The van der Waals surface area contributed by atoms with Crippen LogP contribution in [0.2, 0.25) is 0 Å². The van der Waals surface area contributed by atoms with E-state index < -0.39 is 0 Å². The van der Waals surface area contributed by atoms with Gasteiger partial charge in [0.15, 0.2) is 0 Å². The first-order chi connectivity index (χ1) is 13.1. The first-order valence-corrected chi connectivity index (χ1v) is 9.90. The molecule has 0 saturated carbocycles. The number of nitrogens with two attached hydrogens (primary N) is 1. The van der Waals surface area contributed by atoms with Gasteiger partial charge in [0, 0.05) is 31.3 Å². The number of ether oxygens (including phenoxy) is 1. The minimum Gasteiger partial charge on any atom is -0.384 e. The lowest BCUT2D eigenvalue weighted by molar-refractivity contribution is 0.0354. The van der Waals surface area contributed by atoms with Gasteiger partial charge < -0.3 is 15.8 Å². The predicted molar refractivity (Wildman–Crippen MR) is 107 cm³/mol. The van der Waals surface area contributed by atoms with Crippen LogP contribution < -0.4 is 11.1 Å². The van der Waals surface area contributed by atoms with Crippen LogP contribution in [-0.2, 0) is 17.6 Å². The Morgan fingerprint density at radius 3 is 2.89 bits per heavy atom. The van der Waals surface area contributed by atoms with Gasteiger partial charge in [-0.15, -0.1) is 0 Å². The summed E-state index contributed by atoms with van der Waals surface area (Å²) in [5.41, 5.74) is 9.14. The quantitative estimate of drug-likeness (QED) is 0.660. The van der Waals surface area contributed by atoms with Gasteiger partial charge in [0.05, 0.1) is 6.10 Å². The van der Waals surface area contributed by atoms with E-state index in [4.69, 9.17) is 10.5 Å². The highest BCUT2D eigenvalue weighted by molar-refractivity contribution is 5.34. The molecular formula is C22H30FN3O. The first-order valence-electron chi connectivity index (χ1n) is 9.90. The SMILES string of the molecule is Cc1cc(N)nc(C[C@@H]2CNC[C@@H]2OCCCCCc2cccc(F)c2)c1. The summed E-state index contributed by atoms with van der Waals surface area (Å²) >= 11 is 0. The minimum absolute atomic E-state index is 0.152. The van der Waals surface area contributed by atoms with Crippen molar-refractivity contribution in [3.63, 3.8) is 0 Å². The van der Waals surface area contributed by atoms with Crippen molar-refractivity contribution in [1.29, 1.82) is 0 Å². The lowest BCUT2D eigenvalue weighted by Gasteiger charge is -2.19.